The highest BCUT2D eigenvalue weighted by atomic mass is 15.1. The fourth-order valence-electron chi connectivity index (χ4n) is 3.50. The van der Waals surface area contributed by atoms with Crippen LogP contribution in [0.1, 0.15) is 80.6 Å². The second-order valence-corrected chi connectivity index (χ2v) is 7.63. The Balaban J connectivity index is 0. The summed E-state index contributed by atoms with van der Waals surface area (Å²) in [6, 6.07) is 0. The highest BCUT2D eigenvalue weighted by molar-refractivity contribution is 5.35. The van der Waals surface area contributed by atoms with Gasteiger partial charge in [-0.1, -0.05) is 72.8 Å². The van der Waals surface area contributed by atoms with Crippen LogP contribution in [-0.4, -0.2) is 25.5 Å². The molecule has 0 radical (unpaired) electrons. The van der Waals surface area contributed by atoms with Crippen molar-refractivity contribution in [1.29, 1.82) is 0 Å². The molecule has 0 heterocycles. The average Bonchev–Trinajstić information content (AvgIpc) is 2.50. The second-order valence-electron chi connectivity index (χ2n) is 7.63. The van der Waals surface area contributed by atoms with E-state index in [1.54, 1.807) is 0 Å². The molecule has 0 aromatic rings. The quantitative estimate of drug-likeness (QED) is 0.493. The van der Waals surface area contributed by atoms with Crippen molar-refractivity contribution >= 4 is 0 Å². The molecule has 1 aliphatic rings. The van der Waals surface area contributed by atoms with E-state index in [2.05, 4.69) is 72.3 Å². The van der Waals surface area contributed by atoms with Gasteiger partial charge in [-0.05, 0) is 69.2 Å². The van der Waals surface area contributed by atoms with E-state index in [4.69, 9.17) is 0 Å². The summed E-state index contributed by atoms with van der Waals surface area (Å²) in [5.41, 5.74) is 3.45. The van der Waals surface area contributed by atoms with Gasteiger partial charge >= 0.3 is 0 Å². The van der Waals surface area contributed by atoms with Crippen LogP contribution in [0.2, 0.25) is 0 Å². The van der Waals surface area contributed by atoms with Gasteiger partial charge in [-0.3, -0.25) is 0 Å². The number of allylic oxidation sites excluding steroid dienone is 5. The lowest BCUT2D eigenvalue weighted by Gasteiger charge is -2.27. The molecule has 0 amide bonds. The lowest BCUT2D eigenvalue weighted by Crippen LogP contribution is -2.28. The topological polar surface area (TPSA) is 3.24 Å². The molecule has 1 aliphatic carbocycles. The minimum Gasteiger partial charge on any atom is -0.309 e. The summed E-state index contributed by atoms with van der Waals surface area (Å²) in [5, 5.41) is 0. The van der Waals surface area contributed by atoms with Crippen LogP contribution in [0, 0.1) is 11.3 Å². The van der Waals surface area contributed by atoms with Crippen molar-refractivity contribution in [3.05, 3.63) is 36.0 Å². The normalized spacial score (nSPS) is 18.0. The van der Waals surface area contributed by atoms with Crippen LogP contribution >= 0.6 is 0 Å². The molecule has 0 aromatic carbocycles. The molecule has 0 saturated carbocycles. The lowest BCUT2D eigenvalue weighted by molar-refractivity contribution is 0.224. The van der Waals surface area contributed by atoms with Crippen LogP contribution in [0.25, 0.3) is 0 Å². The van der Waals surface area contributed by atoms with E-state index < -0.39 is 0 Å². The molecule has 0 spiro atoms. The first-order chi connectivity index (χ1) is 11.3. The van der Waals surface area contributed by atoms with Gasteiger partial charge in [0.05, 0.1) is 0 Å². The molecule has 142 valence electrons. The van der Waals surface area contributed by atoms with E-state index in [1.165, 1.54) is 49.8 Å². The van der Waals surface area contributed by atoms with Gasteiger partial charge in [0.25, 0.3) is 0 Å². The van der Waals surface area contributed by atoms with Crippen LogP contribution in [0.4, 0.5) is 0 Å². The van der Waals surface area contributed by atoms with Crippen molar-refractivity contribution in [3.63, 3.8) is 0 Å². The highest BCUT2D eigenvalue weighted by Gasteiger charge is 2.16. The Morgan fingerprint density at radius 2 is 1.83 bits per heavy atom. The molecule has 24 heavy (non-hydrogen) atoms. The van der Waals surface area contributed by atoms with Crippen molar-refractivity contribution < 1.29 is 0 Å². The van der Waals surface area contributed by atoms with E-state index in [1.807, 2.05) is 19.9 Å². The first kappa shape index (κ1) is 25.4. The third-order valence-electron chi connectivity index (χ3n) is 4.25. The Bertz CT molecular complexity index is 371. The number of rotatable bonds is 6. The molecular formula is C23H45N. The van der Waals surface area contributed by atoms with Gasteiger partial charge in [0.15, 0.2) is 0 Å². The van der Waals surface area contributed by atoms with Crippen LogP contribution in [0.3, 0.4) is 0 Å². The Hall–Kier alpha value is -0.820. The third-order valence-corrected chi connectivity index (χ3v) is 4.25. The standard InChI is InChI=1S/C12H18.C9H21N.C2H6/c1-4-7-12-10(3)8-6-9-11(12)5-2;1-6-7-9(2,3)8-10(4)5;1-2/h4-5,7,10H,2,6,8-9H2,1,3H3;6-8H2,1-5H3;1-2H3/b7-4-;;/t10-;;/m0../s1. The molecule has 0 unspecified atom stereocenters. The van der Waals surface area contributed by atoms with E-state index in [0.29, 0.717) is 5.41 Å². The summed E-state index contributed by atoms with van der Waals surface area (Å²) < 4.78 is 0. The molecule has 0 aromatic heterocycles. The monoisotopic (exact) mass is 335 g/mol. The molecule has 0 aliphatic heterocycles. The predicted octanol–water partition coefficient (Wildman–Crippen LogP) is 7.27. The van der Waals surface area contributed by atoms with Crippen LogP contribution < -0.4 is 0 Å². The van der Waals surface area contributed by atoms with E-state index in [9.17, 15) is 0 Å². The molecule has 1 heteroatoms. The summed E-state index contributed by atoms with van der Waals surface area (Å²) in [5.74, 6) is 0.725. The van der Waals surface area contributed by atoms with Gasteiger partial charge in [-0.15, -0.1) is 0 Å². The first-order valence-electron chi connectivity index (χ1n) is 9.90. The number of hydrogen-bond donors (Lipinski definition) is 0. The van der Waals surface area contributed by atoms with Gasteiger partial charge in [0.1, 0.15) is 0 Å². The van der Waals surface area contributed by atoms with Crippen LogP contribution in [0.5, 0.6) is 0 Å². The van der Waals surface area contributed by atoms with Gasteiger partial charge in [0.2, 0.25) is 0 Å². The molecule has 0 bridgehead atoms. The minimum atomic E-state index is 0.498. The molecule has 0 fully saturated rings. The Morgan fingerprint density at radius 3 is 2.25 bits per heavy atom. The van der Waals surface area contributed by atoms with Crippen molar-refractivity contribution in [2.75, 3.05) is 20.6 Å². The second kappa shape index (κ2) is 14.5. The molecule has 0 saturated heterocycles. The fraction of sp³-hybridized carbons (Fsp3) is 0.739. The molecule has 1 atom stereocenters. The van der Waals surface area contributed by atoms with Crippen LogP contribution in [-0.2, 0) is 0 Å². The summed E-state index contributed by atoms with van der Waals surface area (Å²) in [7, 11) is 4.27. The summed E-state index contributed by atoms with van der Waals surface area (Å²) in [4.78, 5) is 2.26. The Morgan fingerprint density at radius 1 is 1.25 bits per heavy atom. The van der Waals surface area contributed by atoms with Crippen molar-refractivity contribution in [1.82, 2.24) is 4.90 Å². The van der Waals surface area contributed by atoms with Crippen LogP contribution in [0.15, 0.2) is 36.0 Å². The zero-order valence-corrected chi connectivity index (χ0v) is 18.2. The SMILES string of the molecule is C=CC1=C(/C=C\C)[C@@H](C)CCC1.CC.CCCC(C)(C)CN(C)C. The maximum absolute atomic E-state index is 3.86. The fourth-order valence-corrected chi connectivity index (χ4v) is 3.50. The largest absolute Gasteiger partial charge is 0.309 e. The average molecular weight is 336 g/mol. The van der Waals surface area contributed by atoms with Crippen molar-refractivity contribution in [2.24, 2.45) is 11.3 Å². The van der Waals surface area contributed by atoms with Crippen molar-refractivity contribution in [3.8, 4) is 0 Å². The van der Waals surface area contributed by atoms with Gasteiger partial charge in [-0.25, -0.2) is 0 Å². The molecule has 1 rings (SSSR count). The Labute approximate surface area is 153 Å². The maximum Gasteiger partial charge on any atom is 0.00266 e. The summed E-state index contributed by atoms with van der Waals surface area (Å²) >= 11 is 0. The van der Waals surface area contributed by atoms with Crippen molar-refractivity contribution in [2.45, 2.75) is 80.6 Å². The van der Waals surface area contributed by atoms with E-state index >= 15 is 0 Å². The number of hydrogen-bond acceptors (Lipinski definition) is 1. The molecule has 0 N–H and O–H groups in total. The highest BCUT2D eigenvalue weighted by Crippen LogP contribution is 2.31. The zero-order valence-electron chi connectivity index (χ0n) is 18.2. The van der Waals surface area contributed by atoms with Gasteiger partial charge < -0.3 is 4.90 Å². The van der Waals surface area contributed by atoms with Gasteiger partial charge in [-0.2, -0.15) is 0 Å². The number of nitrogens with zero attached hydrogens (tertiary/aromatic N) is 1. The molecule has 1 nitrogen and oxygen atoms in total. The third kappa shape index (κ3) is 11.7. The maximum atomic E-state index is 3.86. The zero-order chi connectivity index (χ0) is 19.2. The van der Waals surface area contributed by atoms with E-state index in [-0.39, 0.29) is 0 Å². The molecular weight excluding hydrogens is 290 g/mol. The smallest absolute Gasteiger partial charge is 0.00266 e. The lowest BCUT2D eigenvalue weighted by atomic mass is 9.83. The van der Waals surface area contributed by atoms with E-state index in [0.717, 1.165) is 5.92 Å². The summed E-state index contributed by atoms with van der Waals surface area (Å²) in [6.45, 7) is 20.3. The summed E-state index contributed by atoms with van der Waals surface area (Å²) in [6.07, 6.45) is 12.9. The minimum absolute atomic E-state index is 0.498. The first-order valence-corrected chi connectivity index (χ1v) is 9.90. The van der Waals surface area contributed by atoms with Gasteiger partial charge in [0, 0.05) is 6.54 Å². The predicted molar refractivity (Wildman–Crippen MR) is 114 cm³/mol. The Kier molecular flexibility index (Phi) is 15.4.